The van der Waals surface area contributed by atoms with Crippen molar-refractivity contribution in [2.45, 2.75) is 16.7 Å². The van der Waals surface area contributed by atoms with Crippen LogP contribution in [-0.4, -0.2) is 4.98 Å². The van der Waals surface area contributed by atoms with Crippen LogP contribution in [0.3, 0.4) is 0 Å². The summed E-state index contributed by atoms with van der Waals surface area (Å²) in [6.07, 6.45) is 1.84. The summed E-state index contributed by atoms with van der Waals surface area (Å²) < 4.78 is 0. The molecule has 0 aliphatic rings. The Morgan fingerprint density at radius 2 is 1.65 bits per heavy atom. The molecule has 0 spiro atoms. The van der Waals surface area contributed by atoms with E-state index in [9.17, 15) is 0 Å². The van der Waals surface area contributed by atoms with Crippen molar-refractivity contribution < 1.29 is 0 Å². The van der Waals surface area contributed by atoms with E-state index < -0.39 is 0 Å². The molecular formula is C18H15NS. The summed E-state index contributed by atoms with van der Waals surface area (Å²) in [4.78, 5) is 6.96. The number of hydrogen-bond donors (Lipinski definition) is 0. The van der Waals surface area contributed by atoms with Crippen LogP contribution in [0.5, 0.6) is 0 Å². The van der Waals surface area contributed by atoms with E-state index >= 15 is 0 Å². The molecule has 1 heterocycles. The van der Waals surface area contributed by atoms with Gasteiger partial charge in [-0.25, -0.2) is 0 Å². The summed E-state index contributed by atoms with van der Waals surface area (Å²) in [5.74, 6) is 0. The second-order valence-corrected chi connectivity index (χ2v) is 5.75. The molecule has 1 nitrogen and oxygen atoms in total. The molecule has 0 aliphatic carbocycles. The monoisotopic (exact) mass is 277 g/mol. The van der Waals surface area contributed by atoms with E-state index in [2.05, 4.69) is 60.4 Å². The average molecular weight is 277 g/mol. The first-order chi connectivity index (χ1) is 9.83. The Labute approximate surface area is 123 Å². The molecular weight excluding hydrogens is 262 g/mol. The van der Waals surface area contributed by atoms with Crippen LogP contribution in [0.4, 0.5) is 0 Å². The molecule has 2 aromatic carbocycles. The maximum atomic E-state index is 4.47. The number of pyridine rings is 1. The molecule has 3 aromatic rings. The summed E-state index contributed by atoms with van der Waals surface area (Å²) in [6, 6.07) is 23.0. The van der Waals surface area contributed by atoms with Crippen LogP contribution in [-0.2, 0) is 0 Å². The number of aryl methyl sites for hydroxylation is 1. The van der Waals surface area contributed by atoms with Gasteiger partial charge in [-0.05, 0) is 42.8 Å². The predicted octanol–water partition coefficient (Wildman–Crippen LogP) is 5.21. The second kappa shape index (κ2) is 5.93. The minimum Gasteiger partial charge on any atom is -0.256 e. The quantitative estimate of drug-likeness (QED) is 0.652. The van der Waals surface area contributed by atoms with Crippen molar-refractivity contribution in [1.29, 1.82) is 0 Å². The lowest BCUT2D eigenvalue weighted by atomic mass is 10.1. The Balaban J connectivity index is 2.03. The number of rotatable bonds is 3. The van der Waals surface area contributed by atoms with Gasteiger partial charge in [0.25, 0.3) is 0 Å². The fourth-order valence-electron chi connectivity index (χ4n) is 2.06. The fraction of sp³-hybridized carbons (Fsp3) is 0.0556. The van der Waals surface area contributed by atoms with E-state index in [0.717, 1.165) is 5.69 Å². The standard InChI is InChI=1S/C18H15NS/c1-14-10-11-16(17-9-5-6-12-19-17)18(13-14)20-15-7-3-2-4-8-15/h2-13H,1H3. The van der Waals surface area contributed by atoms with Gasteiger partial charge in [0.1, 0.15) is 0 Å². The van der Waals surface area contributed by atoms with Gasteiger partial charge in [0, 0.05) is 21.6 Å². The van der Waals surface area contributed by atoms with Gasteiger partial charge in [-0.2, -0.15) is 0 Å². The number of nitrogens with zero attached hydrogens (tertiary/aromatic N) is 1. The Kier molecular flexibility index (Phi) is 3.84. The van der Waals surface area contributed by atoms with E-state index in [1.807, 2.05) is 24.4 Å². The molecule has 0 saturated carbocycles. The van der Waals surface area contributed by atoms with E-state index in [-0.39, 0.29) is 0 Å². The third kappa shape index (κ3) is 2.91. The average Bonchev–Trinajstić information content (AvgIpc) is 2.49. The Bertz CT molecular complexity index is 693. The van der Waals surface area contributed by atoms with Crippen LogP contribution in [0.2, 0.25) is 0 Å². The summed E-state index contributed by atoms with van der Waals surface area (Å²) in [5, 5.41) is 0. The highest BCUT2D eigenvalue weighted by molar-refractivity contribution is 7.99. The van der Waals surface area contributed by atoms with Crippen molar-refractivity contribution >= 4 is 11.8 Å². The van der Waals surface area contributed by atoms with Crippen molar-refractivity contribution in [2.24, 2.45) is 0 Å². The van der Waals surface area contributed by atoms with Gasteiger partial charge < -0.3 is 0 Å². The molecule has 0 unspecified atom stereocenters. The van der Waals surface area contributed by atoms with Crippen LogP contribution in [0.15, 0.2) is 82.7 Å². The molecule has 2 heteroatoms. The van der Waals surface area contributed by atoms with Crippen LogP contribution in [0.25, 0.3) is 11.3 Å². The molecule has 0 N–H and O–H groups in total. The molecule has 0 fully saturated rings. The van der Waals surface area contributed by atoms with Crippen molar-refractivity contribution in [3.05, 3.63) is 78.5 Å². The third-order valence-corrected chi connectivity index (χ3v) is 4.11. The van der Waals surface area contributed by atoms with Crippen LogP contribution in [0.1, 0.15) is 5.56 Å². The maximum Gasteiger partial charge on any atom is 0.0713 e. The molecule has 1 aromatic heterocycles. The van der Waals surface area contributed by atoms with Crippen LogP contribution >= 0.6 is 11.8 Å². The molecule has 3 rings (SSSR count). The number of aromatic nitrogens is 1. The third-order valence-electron chi connectivity index (χ3n) is 3.05. The molecule has 0 aliphatic heterocycles. The molecule has 98 valence electrons. The maximum absolute atomic E-state index is 4.47. The summed E-state index contributed by atoms with van der Waals surface area (Å²) in [6.45, 7) is 2.12. The number of benzene rings is 2. The Hall–Kier alpha value is -2.06. The first-order valence-electron chi connectivity index (χ1n) is 6.58. The lowest BCUT2D eigenvalue weighted by Crippen LogP contribution is -1.87. The fourth-order valence-corrected chi connectivity index (χ4v) is 3.14. The molecule has 0 radical (unpaired) electrons. The Morgan fingerprint density at radius 1 is 0.850 bits per heavy atom. The first-order valence-corrected chi connectivity index (χ1v) is 7.39. The van der Waals surface area contributed by atoms with Gasteiger partial charge in [0.05, 0.1) is 5.69 Å². The van der Waals surface area contributed by atoms with E-state index in [0.29, 0.717) is 0 Å². The first kappa shape index (κ1) is 12.9. The topological polar surface area (TPSA) is 12.9 Å². The summed E-state index contributed by atoms with van der Waals surface area (Å²) in [5.41, 5.74) is 3.47. The highest BCUT2D eigenvalue weighted by atomic mass is 32.2. The van der Waals surface area contributed by atoms with Crippen molar-refractivity contribution in [1.82, 2.24) is 4.98 Å². The molecule has 0 atom stereocenters. The van der Waals surface area contributed by atoms with E-state index in [4.69, 9.17) is 0 Å². The zero-order valence-corrected chi connectivity index (χ0v) is 12.1. The smallest absolute Gasteiger partial charge is 0.0713 e. The van der Waals surface area contributed by atoms with Gasteiger partial charge in [-0.3, -0.25) is 4.98 Å². The molecule has 0 bridgehead atoms. The molecule has 0 saturated heterocycles. The minimum absolute atomic E-state index is 1.02. The van der Waals surface area contributed by atoms with Crippen molar-refractivity contribution in [2.75, 3.05) is 0 Å². The lowest BCUT2D eigenvalue weighted by molar-refractivity contribution is 1.27. The lowest BCUT2D eigenvalue weighted by Gasteiger charge is -2.10. The van der Waals surface area contributed by atoms with Gasteiger partial charge in [0.15, 0.2) is 0 Å². The zero-order chi connectivity index (χ0) is 13.8. The van der Waals surface area contributed by atoms with Gasteiger partial charge in [-0.1, -0.05) is 48.2 Å². The van der Waals surface area contributed by atoms with Crippen LogP contribution < -0.4 is 0 Å². The largest absolute Gasteiger partial charge is 0.256 e. The van der Waals surface area contributed by atoms with E-state index in [1.165, 1.54) is 20.9 Å². The van der Waals surface area contributed by atoms with Gasteiger partial charge in [-0.15, -0.1) is 0 Å². The summed E-state index contributed by atoms with van der Waals surface area (Å²) in [7, 11) is 0. The number of hydrogen-bond acceptors (Lipinski definition) is 2. The normalized spacial score (nSPS) is 10.4. The Morgan fingerprint density at radius 3 is 2.40 bits per heavy atom. The summed E-state index contributed by atoms with van der Waals surface area (Å²) >= 11 is 1.78. The van der Waals surface area contributed by atoms with Crippen molar-refractivity contribution in [3.63, 3.8) is 0 Å². The second-order valence-electron chi connectivity index (χ2n) is 4.63. The minimum atomic E-state index is 1.02. The SMILES string of the molecule is Cc1ccc(-c2ccccn2)c(Sc2ccccc2)c1. The predicted molar refractivity (Wildman–Crippen MR) is 85.0 cm³/mol. The molecule has 0 amide bonds. The molecule has 20 heavy (non-hydrogen) atoms. The van der Waals surface area contributed by atoms with E-state index in [1.54, 1.807) is 11.8 Å². The highest BCUT2D eigenvalue weighted by Gasteiger charge is 2.08. The highest BCUT2D eigenvalue weighted by Crippen LogP contribution is 2.35. The van der Waals surface area contributed by atoms with Crippen molar-refractivity contribution in [3.8, 4) is 11.3 Å². The van der Waals surface area contributed by atoms with Crippen LogP contribution in [0, 0.1) is 6.92 Å². The zero-order valence-electron chi connectivity index (χ0n) is 11.3. The van der Waals surface area contributed by atoms with Gasteiger partial charge >= 0.3 is 0 Å². The van der Waals surface area contributed by atoms with Gasteiger partial charge in [0.2, 0.25) is 0 Å².